The number of ketones is 1. The van der Waals surface area contributed by atoms with Gasteiger partial charge in [-0.2, -0.15) is 0 Å². The normalized spacial score (nSPS) is 12.6. The monoisotopic (exact) mass is 282 g/mol. The number of ether oxygens (including phenoxy) is 1. The Labute approximate surface area is 117 Å². The summed E-state index contributed by atoms with van der Waals surface area (Å²) in [5.74, 6) is 1.02. The molecule has 0 bridgehead atoms. The summed E-state index contributed by atoms with van der Waals surface area (Å²) in [4.78, 5) is 11.9. The van der Waals surface area contributed by atoms with E-state index in [2.05, 4.69) is 13.8 Å². The Bertz CT molecular complexity index is 424. The minimum Gasteiger partial charge on any atom is -0.385 e. The Kier molecular flexibility index (Phi) is 6.95. The highest BCUT2D eigenvalue weighted by Gasteiger charge is 2.11. The molecule has 19 heavy (non-hydrogen) atoms. The van der Waals surface area contributed by atoms with E-state index in [4.69, 9.17) is 4.74 Å². The molecule has 3 nitrogen and oxygen atoms in total. The van der Waals surface area contributed by atoms with Gasteiger partial charge in [-0.05, 0) is 17.9 Å². The van der Waals surface area contributed by atoms with Crippen LogP contribution in [0.2, 0.25) is 0 Å². The summed E-state index contributed by atoms with van der Waals surface area (Å²) in [6.07, 6.45) is 0.725. The number of benzene rings is 1. The first kappa shape index (κ1) is 16.1. The van der Waals surface area contributed by atoms with E-state index in [-0.39, 0.29) is 11.5 Å². The third kappa shape index (κ3) is 5.66. The Hall–Kier alpha value is -1.00. The number of methoxy groups -OCH3 is 1. The highest BCUT2D eigenvalue weighted by atomic mass is 32.2. The molecule has 106 valence electrons. The van der Waals surface area contributed by atoms with Gasteiger partial charge in [0.15, 0.2) is 5.78 Å². The maximum Gasteiger partial charge on any atom is 0.175 e. The number of hydrogen-bond donors (Lipinski definition) is 0. The Morgan fingerprint density at radius 3 is 2.42 bits per heavy atom. The molecule has 1 aromatic rings. The van der Waals surface area contributed by atoms with Crippen molar-refractivity contribution in [3.63, 3.8) is 0 Å². The Morgan fingerprint density at radius 2 is 1.89 bits per heavy atom. The standard InChI is InChI=1S/C15H22O3S/c1-12(2)13-5-7-14(8-6-13)15(16)11-19(17)10-4-9-18-3/h5-8,12H,4,9-11H2,1-3H3. The van der Waals surface area contributed by atoms with Gasteiger partial charge in [-0.3, -0.25) is 9.00 Å². The van der Waals surface area contributed by atoms with Gasteiger partial charge in [0.1, 0.15) is 0 Å². The first-order valence-corrected chi connectivity index (χ1v) is 8.00. The van der Waals surface area contributed by atoms with Gasteiger partial charge in [-0.15, -0.1) is 0 Å². The van der Waals surface area contributed by atoms with Gasteiger partial charge in [-0.25, -0.2) is 0 Å². The first-order chi connectivity index (χ1) is 9.04. The minimum atomic E-state index is -1.10. The Balaban J connectivity index is 2.51. The molecule has 0 aromatic heterocycles. The second kappa shape index (κ2) is 8.23. The van der Waals surface area contributed by atoms with Crippen LogP contribution >= 0.6 is 0 Å². The van der Waals surface area contributed by atoms with Crippen molar-refractivity contribution < 1.29 is 13.7 Å². The van der Waals surface area contributed by atoms with E-state index in [1.807, 2.05) is 24.3 Å². The lowest BCUT2D eigenvalue weighted by molar-refractivity contribution is 0.102. The van der Waals surface area contributed by atoms with Crippen molar-refractivity contribution in [1.82, 2.24) is 0 Å². The molecule has 1 rings (SSSR count). The van der Waals surface area contributed by atoms with Crippen LogP contribution < -0.4 is 0 Å². The third-order valence-corrected chi connectivity index (χ3v) is 4.24. The van der Waals surface area contributed by atoms with E-state index in [1.165, 1.54) is 5.56 Å². The maximum absolute atomic E-state index is 11.9. The molecule has 1 atom stereocenters. The van der Waals surface area contributed by atoms with E-state index in [9.17, 15) is 9.00 Å². The number of hydrogen-bond acceptors (Lipinski definition) is 3. The molecule has 0 aliphatic heterocycles. The molecule has 0 fully saturated rings. The van der Waals surface area contributed by atoms with E-state index in [0.717, 1.165) is 6.42 Å². The third-order valence-electron chi connectivity index (χ3n) is 2.91. The summed E-state index contributed by atoms with van der Waals surface area (Å²) >= 11 is 0. The van der Waals surface area contributed by atoms with E-state index in [0.29, 0.717) is 23.8 Å². The van der Waals surface area contributed by atoms with Gasteiger partial charge in [0.2, 0.25) is 0 Å². The molecular formula is C15H22O3S. The Morgan fingerprint density at radius 1 is 1.26 bits per heavy atom. The lowest BCUT2D eigenvalue weighted by atomic mass is 10.0. The zero-order valence-electron chi connectivity index (χ0n) is 11.8. The number of rotatable bonds is 8. The van der Waals surface area contributed by atoms with Crippen LogP contribution in [0.25, 0.3) is 0 Å². The van der Waals surface area contributed by atoms with Crippen LogP contribution in [-0.4, -0.2) is 35.2 Å². The lowest BCUT2D eigenvalue weighted by Gasteiger charge is -2.06. The van der Waals surface area contributed by atoms with Crippen molar-refractivity contribution >= 4 is 16.6 Å². The molecule has 0 N–H and O–H groups in total. The summed E-state index contributed by atoms with van der Waals surface area (Å²) in [5.41, 5.74) is 1.85. The predicted molar refractivity (Wildman–Crippen MR) is 79.2 cm³/mol. The van der Waals surface area contributed by atoms with Gasteiger partial charge in [-0.1, -0.05) is 38.1 Å². The van der Waals surface area contributed by atoms with Crippen LogP contribution in [0.15, 0.2) is 24.3 Å². The van der Waals surface area contributed by atoms with Crippen molar-refractivity contribution in [2.45, 2.75) is 26.2 Å². The summed E-state index contributed by atoms with van der Waals surface area (Å²) in [6, 6.07) is 7.57. The fraction of sp³-hybridized carbons (Fsp3) is 0.533. The SMILES string of the molecule is COCCCS(=O)CC(=O)c1ccc(C(C)C)cc1. The first-order valence-electron chi connectivity index (χ1n) is 6.51. The number of Topliss-reactive ketones (excluding diaryl/α,β-unsaturated/α-hetero) is 1. The predicted octanol–water partition coefficient (Wildman–Crippen LogP) is 2.78. The number of carbonyl (C=O) groups excluding carboxylic acids is 1. The van der Waals surface area contributed by atoms with Crippen molar-refractivity contribution in [3.8, 4) is 0 Å². The highest BCUT2D eigenvalue weighted by Crippen LogP contribution is 2.15. The average molecular weight is 282 g/mol. The molecule has 0 aliphatic rings. The van der Waals surface area contributed by atoms with Crippen LogP contribution in [0, 0.1) is 0 Å². The molecule has 4 heteroatoms. The van der Waals surface area contributed by atoms with Crippen molar-refractivity contribution in [3.05, 3.63) is 35.4 Å². The maximum atomic E-state index is 11.9. The molecule has 0 aliphatic carbocycles. The molecule has 0 heterocycles. The largest absolute Gasteiger partial charge is 0.385 e. The smallest absolute Gasteiger partial charge is 0.175 e. The van der Waals surface area contributed by atoms with Crippen molar-refractivity contribution in [2.75, 3.05) is 25.2 Å². The summed E-state index contributed by atoms with van der Waals surface area (Å²) in [7, 11) is 0.520. The quantitative estimate of drug-likeness (QED) is 0.544. The molecule has 0 amide bonds. The second-order valence-electron chi connectivity index (χ2n) is 4.83. The zero-order chi connectivity index (χ0) is 14.3. The van der Waals surface area contributed by atoms with Gasteiger partial charge in [0, 0.05) is 35.8 Å². The van der Waals surface area contributed by atoms with Gasteiger partial charge >= 0.3 is 0 Å². The molecule has 0 saturated carbocycles. The van der Waals surface area contributed by atoms with Crippen LogP contribution in [0.1, 0.15) is 42.1 Å². The summed E-state index contributed by atoms with van der Waals surface area (Å²) in [5, 5.41) is 0. The van der Waals surface area contributed by atoms with Crippen molar-refractivity contribution in [1.29, 1.82) is 0 Å². The fourth-order valence-corrected chi connectivity index (χ4v) is 2.76. The molecule has 0 spiro atoms. The van der Waals surface area contributed by atoms with Crippen LogP contribution in [0.4, 0.5) is 0 Å². The average Bonchev–Trinajstić information content (AvgIpc) is 2.39. The second-order valence-corrected chi connectivity index (χ2v) is 6.41. The van der Waals surface area contributed by atoms with Gasteiger partial charge in [0.05, 0.1) is 5.75 Å². The highest BCUT2D eigenvalue weighted by molar-refractivity contribution is 7.85. The topological polar surface area (TPSA) is 43.4 Å². The lowest BCUT2D eigenvalue weighted by Crippen LogP contribution is -2.14. The minimum absolute atomic E-state index is 0.0499. The molecule has 1 unspecified atom stereocenters. The fourth-order valence-electron chi connectivity index (χ4n) is 1.72. The molecule has 1 aromatic carbocycles. The van der Waals surface area contributed by atoms with E-state index >= 15 is 0 Å². The molecule has 0 saturated heterocycles. The van der Waals surface area contributed by atoms with E-state index in [1.54, 1.807) is 7.11 Å². The summed E-state index contributed by atoms with van der Waals surface area (Å²) < 4.78 is 16.6. The van der Waals surface area contributed by atoms with Crippen LogP contribution in [-0.2, 0) is 15.5 Å². The van der Waals surface area contributed by atoms with Gasteiger partial charge < -0.3 is 4.74 Å². The van der Waals surface area contributed by atoms with Crippen LogP contribution in [0.5, 0.6) is 0 Å². The van der Waals surface area contributed by atoms with Crippen LogP contribution in [0.3, 0.4) is 0 Å². The number of carbonyl (C=O) groups is 1. The van der Waals surface area contributed by atoms with E-state index < -0.39 is 10.8 Å². The molecule has 0 radical (unpaired) electrons. The van der Waals surface area contributed by atoms with Crippen molar-refractivity contribution in [2.24, 2.45) is 0 Å². The molecular weight excluding hydrogens is 260 g/mol. The van der Waals surface area contributed by atoms with Gasteiger partial charge in [0.25, 0.3) is 0 Å². The zero-order valence-corrected chi connectivity index (χ0v) is 12.7. The summed E-state index contributed by atoms with van der Waals surface area (Å²) in [6.45, 7) is 4.81.